The lowest BCUT2D eigenvalue weighted by atomic mass is 10.1. The largest absolute Gasteiger partial charge is 0.198 e. The number of thiophene rings is 1. The highest BCUT2D eigenvalue weighted by Gasteiger charge is 2.08. The number of hydrogen-bond acceptors (Lipinski definition) is 2. The number of halogens is 2. The van der Waals surface area contributed by atoms with Crippen molar-refractivity contribution < 1.29 is 0 Å². The Morgan fingerprint density at radius 2 is 2.14 bits per heavy atom. The zero-order chi connectivity index (χ0) is 10.1. The van der Waals surface area contributed by atoms with Gasteiger partial charge in [-0.05, 0) is 54.3 Å². The molecule has 0 radical (unpaired) electrons. The monoisotopic (exact) mass is 329 g/mol. The van der Waals surface area contributed by atoms with Gasteiger partial charge in [-0.3, -0.25) is 0 Å². The molecule has 0 N–H and O–H groups in total. The van der Waals surface area contributed by atoms with E-state index in [4.69, 9.17) is 5.26 Å². The summed E-state index contributed by atoms with van der Waals surface area (Å²) in [6, 6.07) is 6.22. The number of hydrogen-bond donors (Lipinski definition) is 0. The maximum Gasteiger partial charge on any atom is 0.0670 e. The molecule has 0 aliphatic rings. The molecule has 0 unspecified atom stereocenters. The minimum atomic E-state index is 0.480. The Labute approximate surface area is 103 Å². The second-order valence-corrected chi connectivity index (χ2v) is 5.36. The molecule has 2 rings (SSSR count). The van der Waals surface area contributed by atoms with Crippen LogP contribution in [-0.4, -0.2) is 0 Å². The van der Waals surface area contributed by atoms with Gasteiger partial charge in [-0.2, -0.15) is 5.26 Å². The lowest BCUT2D eigenvalue weighted by molar-refractivity contribution is 1.30. The van der Waals surface area contributed by atoms with Crippen LogP contribution in [0.3, 0.4) is 0 Å². The van der Waals surface area contributed by atoms with Crippen molar-refractivity contribution in [3.63, 3.8) is 0 Å². The molecule has 0 aliphatic carbocycles. The van der Waals surface area contributed by atoms with Crippen LogP contribution >= 0.6 is 43.2 Å². The minimum Gasteiger partial charge on any atom is -0.198 e. The lowest BCUT2D eigenvalue weighted by Gasteiger charge is -1.98. The van der Waals surface area contributed by atoms with Crippen molar-refractivity contribution in [2.75, 3.05) is 0 Å². The molecule has 0 bridgehead atoms. The van der Waals surface area contributed by atoms with Gasteiger partial charge in [0.05, 0.1) is 12.5 Å². The third kappa shape index (κ3) is 1.60. The highest BCUT2D eigenvalue weighted by atomic mass is 79.9. The first-order chi connectivity index (χ1) is 6.74. The van der Waals surface area contributed by atoms with Gasteiger partial charge in [-0.25, -0.2) is 0 Å². The van der Waals surface area contributed by atoms with E-state index in [1.807, 2.05) is 17.5 Å². The van der Waals surface area contributed by atoms with Crippen LogP contribution in [0.15, 0.2) is 26.5 Å². The molecule has 0 aliphatic heterocycles. The molecule has 4 heteroatoms. The van der Waals surface area contributed by atoms with Crippen LogP contribution in [0.5, 0.6) is 0 Å². The van der Waals surface area contributed by atoms with Gasteiger partial charge in [0, 0.05) is 13.6 Å². The lowest BCUT2D eigenvalue weighted by Crippen LogP contribution is -1.78. The summed E-state index contributed by atoms with van der Waals surface area (Å²) in [4.78, 5) is 0. The van der Waals surface area contributed by atoms with Gasteiger partial charge < -0.3 is 0 Å². The molecule has 0 spiro atoms. The molecular formula is C10H5Br2NS. The molecule has 0 fully saturated rings. The molecule has 14 heavy (non-hydrogen) atoms. The first-order valence-electron chi connectivity index (χ1n) is 3.95. The fourth-order valence-electron chi connectivity index (χ4n) is 1.32. The quantitative estimate of drug-likeness (QED) is 0.755. The van der Waals surface area contributed by atoms with Crippen molar-refractivity contribution in [3.8, 4) is 6.07 Å². The maximum atomic E-state index is 8.66. The molecule has 0 atom stereocenters. The number of rotatable bonds is 1. The van der Waals surface area contributed by atoms with Crippen LogP contribution < -0.4 is 0 Å². The summed E-state index contributed by atoms with van der Waals surface area (Å²) in [5, 5.41) is 11.9. The Hall–Kier alpha value is -0.370. The van der Waals surface area contributed by atoms with E-state index >= 15 is 0 Å². The van der Waals surface area contributed by atoms with Crippen molar-refractivity contribution in [1.29, 1.82) is 5.26 Å². The number of benzene rings is 1. The van der Waals surface area contributed by atoms with E-state index in [0.717, 1.165) is 14.5 Å². The Balaban J connectivity index is 2.72. The van der Waals surface area contributed by atoms with E-state index < -0.39 is 0 Å². The summed E-state index contributed by atoms with van der Waals surface area (Å²) in [6.45, 7) is 0. The topological polar surface area (TPSA) is 23.8 Å². The first kappa shape index (κ1) is 10.2. The summed E-state index contributed by atoms with van der Waals surface area (Å²) in [6.07, 6.45) is 0.480. The Morgan fingerprint density at radius 3 is 2.86 bits per heavy atom. The second kappa shape index (κ2) is 4.01. The summed E-state index contributed by atoms with van der Waals surface area (Å²) in [5.41, 5.74) is 1.11. The molecular weight excluding hydrogens is 326 g/mol. The van der Waals surface area contributed by atoms with Gasteiger partial charge in [0.2, 0.25) is 0 Å². The molecule has 2 aromatic rings. The summed E-state index contributed by atoms with van der Waals surface area (Å²) >= 11 is 8.65. The molecule has 1 aromatic heterocycles. The highest BCUT2D eigenvalue weighted by molar-refractivity contribution is 9.13. The zero-order valence-corrected chi connectivity index (χ0v) is 11.0. The van der Waals surface area contributed by atoms with Crippen molar-refractivity contribution >= 4 is 53.3 Å². The fraction of sp³-hybridized carbons (Fsp3) is 0.100. The molecule has 0 saturated carbocycles. The predicted octanol–water partition coefficient (Wildman–Crippen LogP) is 4.49. The van der Waals surface area contributed by atoms with Crippen LogP contribution in [0.2, 0.25) is 0 Å². The summed E-state index contributed by atoms with van der Waals surface area (Å²) < 4.78 is 3.32. The SMILES string of the molecule is N#CCc1csc2c(Br)c(Br)ccc12. The second-order valence-electron chi connectivity index (χ2n) is 2.83. The van der Waals surface area contributed by atoms with Gasteiger partial charge in [-0.1, -0.05) is 6.07 Å². The first-order valence-corrected chi connectivity index (χ1v) is 6.41. The number of fused-ring (bicyclic) bond motifs is 1. The van der Waals surface area contributed by atoms with Crippen LogP contribution in [0, 0.1) is 11.3 Å². The minimum absolute atomic E-state index is 0.480. The predicted molar refractivity (Wildman–Crippen MR) is 66.5 cm³/mol. The van der Waals surface area contributed by atoms with Gasteiger partial charge in [0.25, 0.3) is 0 Å². The molecule has 1 nitrogen and oxygen atoms in total. The number of nitriles is 1. The summed E-state index contributed by atoms with van der Waals surface area (Å²) in [7, 11) is 0. The third-order valence-corrected chi connectivity index (χ3v) is 5.33. The Kier molecular flexibility index (Phi) is 2.91. The van der Waals surface area contributed by atoms with E-state index in [1.54, 1.807) is 11.3 Å². The average molecular weight is 331 g/mol. The van der Waals surface area contributed by atoms with Crippen molar-refractivity contribution in [3.05, 3.63) is 32.0 Å². The fourth-order valence-corrected chi connectivity index (χ4v) is 3.41. The van der Waals surface area contributed by atoms with Gasteiger partial charge >= 0.3 is 0 Å². The van der Waals surface area contributed by atoms with Crippen molar-refractivity contribution in [2.24, 2.45) is 0 Å². The molecule has 1 heterocycles. The van der Waals surface area contributed by atoms with E-state index in [1.165, 1.54) is 10.1 Å². The van der Waals surface area contributed by atoms with Crippen LogP contribution in [-0.2, 0) is 6.42 Å². The van der Waals surface area contributed by atoms with Crippen LogP contribution in [0.25, 0.3) is 10.1 Å². The number of nitrogens with zero attached hydrogens (tertiary/aromatic N) is 1. The standard InChI is InChI=1S/C10H5Br2NS/c11-8-2-1-7-6(3-4-13)5-14-10(7)9(8)12/h1-2,5H,3H2. The zero-order valence-electron chi connectivity index (χ0n) is 7.05. The van der Waals surface area contributed by atoms with Crippen LogP contribution in [0.4, 0.5) is 0 Å². The molecule has 1 aromatic carbocycles. The van der Waals surface area contributed by atoms with Crippen LogP contribution in [0.1, 0.15) is 5.56 Å². The average Bonchev–Trinajstić information content (AvgIpc) is 2.57. The summed E-state index contributed by atoms with van der Waals surface area (Å²) in [5.74, 6) is 0. The smallest absolute Gasteiger partial charge is 0.0670 e. The highest BCUT2D eigenvalue weighted by Crippen LogP contribution is 2.37. The van der Waals surface area contributed by atoms with Gasteiger partial charge in [0.1, 0.15) is 0 Å². The Morgan fingerprint density at radius 1 is 1.36 bits per heavy atom. The normalized spacial score (nSPS) is 10.4. The van der Waals surface area contributed by atoms with E-state index in [-0.39, 0.29) is 0 Å². The van der Waals surface area contributed by atoms with Crippen molar-refractivity contribution in [2.45, 2.75) is 6.42 Å². The van der Waals surface area contributed by atoms with E-state index in [9.17, 15) is 0 Å². The molecule has 0 amide bonds. The maximum absolute atomic E-state index is 8.66. The third-order valence-electron chi connectivity index (χ3n) is 1.98. The van der Waals surface area contributed by atoms with Gasteiger partial charge in [-0.15, -0.1) is 11.3 Å². The van der Waals surface area contributed by atoms with Gasteiger partial charge in [0.15, 0.2) is 0 Å². The van der Waals surface area contributed by atoms with Crippen molar-refractivity contribution in [1.82, 2.24) is 0 Å². The molecule has 70 valence electrons. The Bertz CT molecular complexity index is 525. The van der Waals surface area contributed by atoms with E-state index in [0.29, 0.717) is 6.42 Å². The molecule has 0 saturated heterocycles. The van der Waals surface area contributed by atoms with E-state index in [2.05, 4.69) is 37.9 Å².